The molecule has 2 aliphatic heterocycles. The molecule has 2 unspecified atom stereocenters. The van der Waals surface area contributed by atoms with Gasteiger partial charge >= 0.3 is 0 Å². The van der Waals surface area contributed by atoms with Gasteiger partial charge in [-0.1, -0.05) is 24.3 Å². The molecule has 1 N–H and O–H groups in total. The Balaban J connectivity index is 1.32. The molecule has 2 saturated heterocycles. The normalized spacial score (nSPS) is 20.8. The number of hydrogen-bond donors (Lipinski definition) is 1. The lowest BCUT2D eigenvalue weighted by Gasteiger charge is -2.43. The molecule has 1 spiro atoms. The summed E-state index contributed by atoms with van der Waals surface area (Å²) in [4.78, 5) is 32.4. The number of H-pyrrole nitrogens is 1. The lowest BCUT2D eigenvalue weighted by atomic mass is 10.0. The minimum absolute atomic E-state index is 0.00571. The summed E-state index contributed by atoms with van der Waals surface area (Å²) in [6.45, 7) is 4.93. The number of nitrogens with zero attached hydrogens (tertiary/aromatic N) is 3. The third kappa shape index (κ3) is 5.63. The van der Waals surface area contributed by atoms with Gasteiger partial charge in [-0.25, -0.2) is 17.8 Å². The molecule has 10 heteroatoms. The van der Waals surface area contributed by atoms with E-state index in [-0.39, 0.29) is 17.6 Å². The lowest BCUT2D eigenvalue weighted by molar-refractivity contribution is -0.0779. The van der Waals surface area contributed by atoms with Crippen molar-refractivity contribution in [1.82, 2.24) is 18.6 Å². The second-order valence-electron chi connectivity index (χ2n) is 9.45. The summed E-state index contributed by atoms with van der Waals surface area (Å²) in [5.74, 6) is 0.0415. The number of aromatic nitrogens is 2. The molecule has 2 atom stereocenters. The standard InChI is InChI=1S/C27H30N4O4S2/c1-19(32)21-3-7-25(8-4-21)36-31-24(15-23-16-28-18-29-23)17-35-27(31)11-13-30(14-12-27)37(34)26-9-5-22(6-10-26)20(2)33/h3-10,16,18,24H,11-15,17H2,1-2H3,(H,28,29). The van der Waals surface area contributed by atoms with E-state index in [1.807, 2.05) is 34.8 Å². The van der Waals surface area contributed by atoms with Gasteiger partial charge in [-0.2, -0.15) is 0 Å². The van der Waals surface area contributed by atoms with Gasteiger partial charge in [0, 0.05) is 60.3 Å². The number of rotatable bonds is 8. The molecule has 0 bridgehead atoms. The van der Waals surface area contributed by atoms with E-state index in [1.165, 1.54) is 6.92 Å². The molecule has 3 heterocycles. The van der Waals surface area contributed by atoms with Gasteiger partial charge in [0.25, 0.3) is 0 Å². The smallest absolute Gasteiger partial charge is 0.159 e. The van der Waals surface area contributed by atoms with E-state index in [0.29, 0.717) is 48.6 Å². The van der Waals surface area contributed by atoms with Crippen molar-refractivity contribution in [3.63, 3.8) is 0 Å². The van der Waals surface area contributed by atoms with Crippen LogP contribution in [0.15, 0.2) is 70.8 Å². The first kappa shape index (κ1) is 26.0. The summed E-state index contributed by atoms with van der Waals surface area (Å²) in [5.41, 5.74) is 1.88. The molecular weight excluding hydrogens is 508 g/mol. The highest BCUT2D eigenvalue weighted by molar-refractivity contribution is 7.97. The van der Waals surface area contributed by atoms with Crippen LogP contribution in [0.25, 0.3) is 0 Å². The Morgan fingerprint density at radius 1 is 1.05 bits per heavy atom. The molecule has 5 rings (SSSR count). The van der Waals surface area contributed by atoms with Crippen LogP contribution < -0.4 is 0 Å². The maximum absolute atomic E-state index is 13.3. The summed E-state index contributed by atoms with van der Waals surface area (Å²) in [5, 5.41) is 0. The Kier molecular flexibility index (Phi) is 7.73. The fourth-order valence-electron chi connectivity index (χ4n) is 4.85. The van der Waals surface area contributed by atoms with Gasteiger partial charge in [0.2, 0.25) is 0 Å². The average molecular weight is 539 g/mol. The largest absolute Gasteiger partial charge is 0.358 e. The Hall–Kier alpha value is -2.63. The molecule has 2 aromatic carbocycles. The van der Waals surface area contributed by atoms with Gasteiger partial charge in [-0.15, -0.1) is 0 Å². The van der Waals surface area contributed by atoms with Crippen LogP contribution in [0.1, 0.15) is 53.1 Å². The van der Waals surface area contributed by atoms with Crippen LogP contribution in [0, 0.1) is 0 Å². The van der Waals surface area contributed by atoms with Crippen molar-refractivity contribution in [1.29, 1.82) is 0 Å². The summed E-state index contributed by atoms with van der Waals surface area (Å²) in [6, 6.07) is 14.8. The number of piperidine rings is 1. The number of carbonyl (C=O) groups is 2. The Morgan fingerprint density at radius 2 is 1.68 bits per heavy atom. The molecule has 1 aromatic heterocycles. The number of ether oxygens (including phenoxy) is 1. The van der Waals surface area contributed by atoms with Crippen LogP contribution >= 0.6 is 11.9 Å². The van der Waals surface area contributed by atoms with Crippen molar-refractivity contribution in [2.24, 2.45) is 0 Å². The lowest BCUT2D eigenvalue weighted by Crippen LogP contribution is -2.52. The third-order valence-electron chi connectivity index (χ3n) is 6.95. The van der Waals surface area contributed by atoms with Crippen LogP contribution in [-0.2, 0) is 22.1 Å². The van der Waals surface area contributed by atoms with Crippen molar-refractivity contribution >= 4 is 34.5 Å². The minimum atomic E-state index is -1.30. The topological polar surface area (TPSA) is 95.6 Å². The molecule has 194 valence electrons. The summed E-state index contributed by atoms with van der Waals surface area (Å²) < 4.78 is 24.1. The second kappa shape index (κ2) is 11.0. The van der Waals surface area contributed by atoms with Gasteiger partial charge in [-0.05, 0) is 50.1 Å². The van der Waals surface area contributed by atoms with E-state index in [4.69, 9.17) is 4.74 Å². The molecule has 3 aromatic rings. The van der Waals surface area contributed by atoms with E-state index >= 15 is 0 Å². The fourth-order valence-corrected chi connectivity index (χ4v) is 7.20. The van der Waals surface area contributed by atoms with E-state index in [2.05, 4.69) is 14.3 Å². The predicted molar refractivity (Wildman–Crippen MR) is 143 cm³/mol. The molecule has 2 fully saturated rings. The predicted octanol–water partition coefficient (Wildman–Crippen LogP) is 4.28. The van der Waals surface area contributed by atoms with Gasteiger partial charge in [0.1, 0.15) is 16.7 Å². The molecule has 2 aliphatic rings. The maximum atomic E-state index is 13.3. The van der Waals surface area contributed by atoms with Gasteiger partial charge in [-0.3, -0.25) is 9.59 Å². The quantitative estimate of drug-likeness (QED) is 0.338. The molecule has 37 heavy (non-hydrogen) atoms. The fraction of sp³-hybridized carbons (Fsp3) is 0.370. The highest BCUT2D eigenvalue weighted by Gasteiger charge is 2.50. The van der Waals surface area contributed by atoms with Crippen molar-refractivity contribution in [2.75, 3.05) is 19.7 Å². The molecule has 0 saturated carbocycles. The first-order chi connectivity index (χ1) is 17.8. The zero-order valence-corrected chi connectivity index (χ0v) is 22.5. The average Bonchev–Trinajstić information content (AvgIpc) is 3.54. The van der Waals surface area contributed by atoms with Crippen molar-refractivity contribution in [2.45, 2.75) is 54.7 Å². The maximum Gasteiger partial charge on any atom is 0.159 e. The van der Waals surface area contributed by atoms with E-state index in [0.717, 1.165) is 17.0 Å². The summed E-state index contributed by atoms with van der Waals surface area (Å²) >= 11 is 1.65. The zero-order chi connectivity index (χ0) is 26.0. The Bertz CT molecular complexity index is 1270. The highest BCUT2D eigenvalue weighted by atomic mass is 32.2. The number of nitrogens with one attached hydrogen (secondary N) is 1. The first-order valence-electron chi connectivity index (χ1n) is 12.3. The number of Topliss-reactive ketones (excluding diaryl/α,β-unsaturated/α-hetero) is 2. The van der Waals surface area contributed by atoms with Gasteiger partial charge in [0.05, 0.1) is 23.9 Å². The molecule has 8 nitrogen and oxygen atoms in total. The summed E-state index contributed by atoms with van der Waals surface area (Å²) in [7, 11) is -1.30. The monoisotopic (exact) mass is 538 g/mol. The second-order valence-corrected chi connectivity index (χ2v) is 12.0. The molecule has 0 amide bonds. The van der Waals surface area contributed by atoms with Crippen LogP contribution in [0.3, 0.4) is 0 Å². The molecule has 0 aliphatic carbocycles. The van der Waals surface area contributed by atoms with Crippen molar-refractivity contribution < 1.29 is 18.5 Å². The van der Waals surface area contributed by atoms with Crippen molar-refractivity contribution in [3.05, 3.63) is 77.9 Å². The van der Waals surface area contributed by atoms with E-state index in [9.17, 15) is 13.8 Å². The Morgan fingerprint density at radius 3 is 2.24 bits per heavy atom. The highest BCUT2D eigenvalue weighted by Crippen LogP contribution is 2.45. The van der Waals surface area contributed by atoms with E-state index in [1.54, 1.807) is 49.5 Å². The number of ketones is 2. The van der Waals surface area contributed by atoms with Crippen molar-refractivity contribution in [3.8, 4) is 0 Å². The van der Waals surface area contributed by atoms with E-state index < -0.39 is 16.7 Å². The number of benzene rings is 2. The SMILES string of the molecule is CC(=O)c1ccc(SN2C(Cc3cnc[nH]3)COC23CCN(S(=O)c2ccc(C(C)=O)cc2)CC3)cc1. The zero-order valence-electron chi connectivity index (χ0n) is 20.9. The number of carbonyl (C=O) groups excluding carboxylic acids is 2. The van der Waals surface area contributed by atoms with Crippen LogP contribution in [0.4, 0.5) is 0 Å². The van der Waals surface area contributed by atoms with Crippen LogP contribution in [0.2, 0.25) is 0 Å². The third-order valence-corrected chi connectivity index (χ3v) is 9.77. The number of imidazole rings is 1. The van der Waals surface area contributed by atoms with Gasteiger partial charge < -0.3 is 9.72 Å². The molecule has 0 radical (unpaired) electrons. The Labute approximate surface area is 223 Å². The number of aromatic amines is 1. The van der Waals surface area contributed by atoms with Gasteiger partial charge in [0.15, 0.2) is 11.6 Å². The van der Waals surface area contributed by atoms with Crippen LogP contribution in [0.5, 0.6) is 0 Å². The first-order valence-corrected chi connectivity index (χ1v) is 14.2. The van der Waals surface area contributed by atoms with Crippen LogP contribution in [-0.4, -0.2) is 65.8 Å². The number of hydrogen-bond acceptors (Lipinski definition) is 7. The summed E-state index contributed by atoms with van der Waals surface area (Å²) in [6.07, 6.45) is 5.73. The molecular formula is C27H30N4O4S2. The minimum Gasteiger partial charge on any atom is -0.358 e.